The van der Waals surface area contributed by atoms with E-state index in [1.54, 1.807) is 14.2 Å². The largest absolute Gasteiger partial charge is 0.493 e. The van der Waals surface area contributed by atoms with E-state index in [1.165, 1.54) is 18.4 Å². The molecule has 2 N–H and O–H groups in total. The first kappa shape index (κ1) is 16.8. The summed E-state index contributed by atoms with van der Waals surface area (Å²) in [6.45, 7) is 2.32. The minimum absolute atomic E-state index is 0.312. The van der Waals surface area contributed by atoms with Gasteiger partial charge >= 0.3 is 0 Å². The lowest BCUT2D eigenvalue weighted by Crippen LogP contribution is -2.18. The molecule has 1 rings (SSSR count). The summed E-state index contributed by atoms with van der Waals surface area (Å²) in [5.74, 6) is 1.56. The van der Waals surface area contributed by atoms with Gasteiger partial charge in [-0.25, -0.2) is 0 Å². The van der Waals surface area contributed by atoms with Crippen LogP contribution in [-0.2, 0) is 6.42 Å². The highest BCUT2D eigenvalue weighted by molar-refractivity contribution is 5.42. The van der Waals surface area contributed by atoms with Crippen molar-refractivity contribution < 1.29 is 14.6 Å². The van der Waals surface area contributed by atoms with E-state index in [4.69, 9.17) is 14.6 Å². The normalized spacial score (nSPS) is 10.6. The highest BCUT2D eigenvalue weighted by Gasteiger charge is 2.04. The van der Waals surface area contributed by atoms with Gasteiger partial charge in [0.1, 0.15) is 0 Å². The van der Waals surface area contributed by atoms with Crippen molar-refractivity contribution in [1.29, 1.82) is 0 Å². The van der Waals surface area contributed by atoms with Crippen molar-refractivity contribution in [3.8, 4) is 11.5 Å². The molecule has 0 aliphatic rings. The molecule has 0 aromatic heterocycles. The Bertz CT molecular complexity index is 369. The minimum Gasteiger partial charge on any atom is -0.493 e. The Hall–Kier alpha value is -1.26. The zero-order valence-corrected chi connectivity index (χ0v) is 12.7. The molecule has 0 saturated carbocycles. The van der Waals surface area contributed by atoms with E-state index >= 15 is 0 Å². The van der Waals surface area contributed by atoms with Gasteiger partial charge in [0.25, 0.3) is 0 Å². The molecular weight excluding hydrogens is 254 g/mol. The molecule has 0 spiro atoms. The van der Waals surface area contributed by atoms with Crippen molar-refractivity contribution in [3.05, 3.63) is 23.8 Å². The summed E-state index contributed by atoms with van der Waals surface area (Å²) < 4.78 is 10.5. The smallest absolute Gasteiger partial charge is 0.160 e. The SMILES string of the molecule is COc1ccc(CCNCCCCCCO)cc1OC. The molecule has 4 heteroatoms. The zero-order chi connectivity index (χ0) is 14.6. The molecule has 1 aromatic carbocycles. The molecule has 1 aromatic rings. The lowest BCUT2D eigenvalue weighted by Gasteiger charge is -2.10. The first-order chi connectivity index (χ1) is 9.81. The van der Waals surface area contributed by atoms with Gasteiger partial charge in [-0.15, -0.1) is 0 Å². The van der Waals surface area contributed by atoms with Crippen LogP contribution < -0.4 is 14.8 Å². The summed E-state index contributed by atoms with van der Waals surface area (Å²) in [5, 5.41) is 12.1. The summed E-state index contributed by atoms with van der Waals surface area (Å²) in [6, 6.07) is 6.05. The zero-order valence-electron chi connectivity index (χ0n) is 12.7. The van der Waals surface area contributed by atoms with E-state index in [1.807, 2.05) is 12.1 Å². The van der Waals surface area contributed by atoms with Crippen LogP contribution in [0.1, 0.15) is 31.2 Å². The third-order valence-electron chi connectivity index (χ3n) is 3.30. The molecule has 0 heterocycles. The maximum atomic E-state index is 8.68. The van der Waals surface area contributed by atoms with Crippen LogP contribution in [-0.4, -0.2) is 39.0 Å². The van der Waals surface area contributed by atoms with Gasteiger partial charge in [-0.3, -0.25) is 0 Å². The third kappa shape index (κ3) is 6.26. The number of aliphatic hydroxyl groups excluding tert-OH is 1. The summed E-state index contributed by atoms with van der Waals surface area (Å²) in [7, 11) is 3.31. The Morgan fingerprint density at radius 1 is 0.950 bits per heavy atom. The van der Waals surface area contributed by atoms with Crippen molar-refractivity contribution in [1.82, 2.24) is 5.32 Å². The van der Waals surface area contributed by atoms with Gasteiger partial charge < -0.3 is 19.9 Å². The van der Waals surface area contributed by atoms with Crippen molar-refractivity contribution in [2.24, 2.45) is 0 Å². The number of rotatable bonds is 11. The highest BCUT2D eigenvalue weighted by atomic mass is 16.5. The van der Waals surface area contributed by atoms with E-state index < -0.39 is 0 Å². The molecule has 0 saturated heterocycles. The second-order valence-electron chi connectivity index (χ2n) is 4.83. The molecule has 4 nitrogen and oxygen atoms in total. The van der Waals surface area contributed by atoms with Crippen LogP contribution in [0.25, 0.3) is 0 Å². The monoisotopic (exact) mass is 281 g/mol. The van der Waals surface area contributed by atoms with Crippen molar-refractivity contribution >= 4 is 0 Å². The number of hydrogen-bond donors (Lipinski definition) is 2. The van der Waals surface area contributed by atoms with Crippen LogP contribution in [0.4, 0.5) is 0 Å². The highest BCUT2D eigenvalue weighted by Crippen LogP contribution is 2.27. The molecule has 0 unspecified atom stereocenters. The third-order valence-corrected chi connectivity index (χ3v) is 3.30. The average molecular weight is 281 g/mol. The fraction of sp³-hybridized carbons (Fsp3) is 0.625. The molecule has 0 bridgehead atoms. The Morgan fingerprint density at radius 3 is 2.40 bits per heavy atom. The predicted octanol–water partition coefficient (Wildman–Crippen LogP) is 2.39. The fourth-order valence-electron chi connectivity index (χ4n) is 2.11. The molecule has 0 aliphatic carbocycles. The van der Waals surface area contributed by atoms with Crippen LogP contribution in [0.5, 0.6) is 11.5 Å². The van der Waals surface area contributed by atoms with E-state index in [-0.39, 0.29) is 0 Å². The maximum absolute atomic E-state index is 8.68. The summed E-state index contributed by atoms with van der Waals surface area (Å²) in [5.41, 5.74) is 1.25. The lowest BCUT2D eigenvalue weighted by atomic mass is 10.1. The van der Waals surface area contributed by atoms with Crippen molar-refractivity contribution in [2.45, 2.75) is 32.1 Å². The van der Waals surface area contributed by atoms with E-state index in [0.717, 1.165) is 43.9 Å². The summed E-state index contributed by atoms with van der Waals surface area (Å²) >= 11 is 0. The van der Waals surface area contributed by atoms with Gasteiger partial charge in [-0.2, -0.15) is 0 Å². The second kappa shape index (κ2) is 10.5. The standard InChI is InChI=1S/C16H27NO3/c1-19-15-8-7-14(13-16(15)20-2)9-11-17-10-5-3-4-6-12-18/h7-8,13,17-18H,3-6,9-12H2,1-2H3. The van der Waals surface area contributed by atoms with E-state index in [0.29, 0.717) is 6.61 Å². The molecule has 0 radical (unpaired) electrons. The van der Waals surface area contributed by atoms with Crippen molar-refractivity contribution in [3.63, 3.8) is 0 Å². The molecule has 0 atom stereocenters. The topological polar surface area (TPSA) is 50.7 Å². The maximum Gasteiger partial charge on any atom is 0.160 e. The van der Waals surface area contributed by atoms with Gasteiger partial charge in [0.15, 0.2) is 11.5 Å². The second-order valence-corrected chi connectivity index (χ2v) is 4.83. The first-order valence-electron chi connectivity index (χ1n) is 7.34. The number of ether oxygens (including phenoxy) is 2. The van der Waals surface area contributed by atoms with Gasteiger partial charge in [0.2, 0.25) is 0 Å². The number of benzene rings is 1. The Balaban J connectivity index is 2.18. The van der Waals surface area contributed by atoms with Crippen LogP contribution in [0, 0.1) is 0 Å². The Kier molecular flexibility index (Phi) is 8.83. The van der Waals surface area contributed by atoms with Gasteiger partial charge in [-0.05, 0) is 50.0 Å². The van der Waals surface area contributed by atoms with Crippen molar-refractivity contribution in [2.75, 3.05) is 33.9 Å². The molecule has 0 amide bonds. The van der Waals surface area contributed by atoms with Gasteiger partial charge in [0, 0.05) is 6.61 Å². The van der Waals surface area contributed by atoms with Gasteiger partial charge in [-0.1, -0.05) is 18.9 Å². The number of hydrogen-bond acceptors (Lipinski definition) is 4. The van der Waals surface area contributed by atoms with Crippen LogP contribution in [0.2, 0.25) is 0 Å². The lowest BCUT2D eigenvalue weighted by molar-refractivity contribution is 0.282. The minimum atomic E-state index is 0.312. The number of unbranched alkanes of at least 4 members (excludes halogenated alkanes) is 3. The van der Waals surface area contributed by atoms with Crippen LogP contribution >= 0.6 is 0 Å². The molecule has 114 valence electrons. The Labute approximate surface area is 122 Å². The molecule has 0 fully saturated rings. The molecule has 20 heavy (non-hydrogen) atoms. The quantitative estimate of drug-likeness (QED) is 0.612. The van der Waals surface area contributed by atoms with Gasteiger partial charge in [0.05, 0.1) is 14.2 Å². The fourth-order valence-corrected chi connectivity index (χ4v) is 2.11. The molecule has 0 aliphatic heterocycles. The first-order valence-corrected chi connectivity index (χ1v) is 7.34. The Morgan fingerprint density at radius 2 is 1.70 bits per heavy atom. The number of aliphatic hydroxyl groups is 1. The number of methoxy groups -OCH3 is 2. The average Bonchev–Trinajstić information content (AvgIpc) is 2.49. The van der Waals surface area contributed by atoms with E-state index in [9.17, 15) is 0 Å². The summed E-state index contributed by atoms with van der Waals surface area (Å²) in [6.07, 6.45) is 5.38. The van der Waals surface area contributed by atoms with E-state index in [2.05, 4.69) is 11.4 Å². The molecular formula is C16H27NO3. The number of nitrogens with one attached hydrogen (secondary N) is 1. The van der Waals surface area contributed by atoms with Crippen LogP contribution in [0.15, 0.2) is 18.2 Å². The predicted molar refractivity (Wildman–Crippen MR) is 81.7 cm³/mol. The van der Waals surface area contributed by atoms with Crippen LogP contribution in [0.3, 0.4) is 0 Å². The summed E-state index contributed by atoms with van der Waals surface area (Å²) in [4.78, 5) is 0.